The molecule has 90 valence electrons. The molecule has 0 radical (unpaired) electrons. The van der Waals surface area contributed by atoms with Crippen molar-refractivity contribution in [2.45, 2.75) is 10.2 Å². The second kappa shape index (κ2) is 5.70. The van der Waals surface area contributed by atoms with Gasteiger partial charge in [0.2, 0.25) is 0 Å². The highest BCUT2D eigenvalue weighted by Crippen LogP contribution is 2.23. The molecule has 0 bridgehead atoms. The molecule has 3 N–H and O–H groups in total. The summed E-state index contributed by atoms with van der Waals surface area (Å²) in [7, 11) is 1.92. The lowest BCUT2D eigenvalue weighted by Gasteiger charge is -2.02. The molecule has 0 saturated carbocycles. The summed E-state index contributed by atoms with van der Waals surface area (Å²) in [6, 6.07) is 3.49. The van der Waals surface area contributed by atoms with Crippen LogP contribution in [0.2, 0.25) is 0 Å². The Kier molecular flexibility index (Phi) is 4.53. The predicted molar refractivity (Wildman–Crippen MR) is 69.8 cm³/mol. The third-order valence-corrected chi connectivity index (χ3v) is 3.03. The Hall–Kier alpha value is -1.53. The van der Waals surface area contributed by atoms with Crippen LogP contribution in [-0.4, -0.2) is 20.4 Å². The summed E-state index contributed by atoms with van der Waals surface area (Å²) >= 11 is 1.44. The van der Waals surface area contributed by atoms with E-state index < -0.39 is 0 Å². The van der Waals surface area contributed by atoms with Crippen molar-refractivity contribution < 1.29 is 0 Å². The topological polar surface area (TPSA) is 80.6 Å². The van der Waals surface area contributed by atoms with Crippen molar-refractivity contribution in [1.29, 1.82) is 5.41 Å². The Labute approximate surface area is 109 Å². The Balaban J connectivity index is 0.00000144. The minimum Gasteiger partial charge on any atom is -0.384 e. The Morgan fingerprint density at radius 3 is 2.76 bits per heavy atom. The van der Waals surface area contributed by atoms with Gasteiger partial charge in [-0.25, -0.2) is 9.97 Å². The largest absolute Gasteiger partial charge is 0.384 e. The van der Waals surface area contributed by atoms with Crippen LogP contribution in [0, 0.1) is 5.41 Å². The van der Waals surface area contributed by atoms with Crippen molar-refractivity contribution in [3.05, 3.63) is 36.3 Å². The first kappa shape index (κ1) is 13.5. The van der Waals surface area contributed by atoms with Gasteiger partial charge in [-0.2, -0.15) is 0 Å². The minimum atomic E-state index is 0. The first-order chi connectivity index (χ1) is 7.66. The number of rotatable bonds is 3. The Morgan fingerprint density at radius 2 is 2.18 bits per heavy atom. The summed E-state index contributed by atoms with van der Waals surface area (Å²) in [5.74, 6) is 0.0455. The van der Waals surface area contributed by atoms with E-state index in [9.17, 15) is 0 Å². The second-order valence-corrected chi connectivity index (χ2v) is 4.21. The first-order valence-electron chi connectivity index (χ1n) is 4.62. The summed E-state index contributed by atoms with van der Waals surface area (Å²) < 4.78 is 1.91. The van der Waals surface area contributed by atoms with Gasteiger partial charge in [0.15, 0.2) is 5.16 Å². The molecular weight excluding hydrogens is 258 g/mol. The molecule has 5 nitrogen and oxygen atoms in total. The van der Waals surface area contributed by atoms with Crippen molar-refractivity contribution >= 4 is 30.0 Å². The molecule has 0 spiro atoms. The highest BCUT2D eigenvalue weighted by atomic mass is 35.5. The molecule has 0 amide bonds. The van der Waals surface area contributed by atoms with Crippen molar-refractivity contribution in [3.8, 4) is 0 Å². The zero-order chi connectivity index (χ0) is 11.5. The molecule has 0 saturated heterocycles. The molecule has 0 fully saturated rings. The number of nitrogen functional groups attached to an aromatic ring is 1. The highest BCUT2D eigenvalue weighted by Gasteiger charge is 2.05. The van der Waals surface area contributed by atoms with Crippen molar-refractivity contribution in [1.82, 2.24) is 14.5 Å². The van der Waals surface area contributed by atoms with Crippen LogP contribution < -0.4 is 5.73 Å². The van der Waals surface area contributed by atoms with Crippen LogP contribution in [0.4, 0.5) is 0 Å². The van der Waals surface area contributed by atoms with Gasteiger partial charge in [0.05, 0.1) is 0 Å². The summed E-state index contributed by atoms with van der Waals surface area (Å²) in [6.45, 7) is 0. The first-order valence-corrected chi connectivity index (χ1v) is 5.44. The van der Waals surface area contributed by atoms with Gasteiger partial charge < -0.3 is 10.3 Å². The maximum Gasteiger partial charge on any atom is 0.174 e. The lowest BCUT2D eigenvalue weighted by molar-refractivity contribution is 0.788. The minimum absolute atomic E-state index is 0. The van der Waals surface area contributed by atoms with Gasteiger partial charge in [0, 0.05) is 31.2 Å². The number of hydrogen-bond acceptors (Lipinski definition) is 4. The predicted octanol–water partition coefficient (Wildman–Crippen LogP) is 1.67. The Bertz CT molecular complexity index is 525. The summed E-state index contributed by atoms with van der Waals surface area (Å²) in [5.41, 5.74) is 6.08. The zero-order valence-corrected chi connectivity index (χ0v) is 10.8. The van der Waals surface area contributed by atoms with E-state index >= 15 is 0 Å². The SMILES string of the molecule is Cl.Cn1ccnc1Sc1cc(C(=N)N)ccn1. The van der Waals surface area contributed by atoms with E-state index in [1.54, 1.807) is 24.5 Å². The van der Waals surface area contributed by atoms with E-state index in [-0.39, 0.29) is 18.2 Å². The summed E-state index contributed by atoms with van der Waals surface area (Å²) in [4.78, 5) is 8.38. The molecular formula is C10H12ClN5S. The molecule has 0 unspecified atom stereocenters. The molecule has 0 atom stereocenters. The third-order valence-electron chi connectivity index (χ3n) is 2.02. The molecule has 2 rings (SSSR count). The molecule has 2 aromatic rings. The van der Waals surface area contributed by atoms with Gasteiger partial charge >= 0.3 is 0 Å². The van der Waals surface area contributed by atoms with Gasteiger partial charge in [-0.15, -0.1) is 12.4 Å². The molecule has 0 aromatic carbocycles. The van der Waals surface area contributed by atoms with Crippen molar-refractivity contribution in [2.24, 2.45) is 12.8 Å². The van der Waals surface area contributed by atoms with Crippen LogP contribution >= 0.6 is 24.2 Å². The number of aromatic nitrogens is 3. The van der Waals surface area contributed by atoms with E-state index in [0.29, 0.717) is 5.56 Å². The van der Waals surface area contributed by atoms with E-state index in [1.807, 2.05) is 17.8 Å². The van der Waals surface area contributed by atoms with E-state index in [0.717, 1.165) is 10.2 Å². The molecule has 0 aliphatic rings. The van der Waals surface area contributed by atoms with Crippen LogP contribution in [-0.2, 0) is 7.05 Å². The van der Waals surface area contributed by atoms with E-state index in [1.165, 1.54) is 11.8 Å². The van der Waals surface area contributed by atoms with Gasteiger partial charge in [0.1, 0.15) is 10.9 Å². The van der Waals surface area contributed by atoms with Crippen LogP contribution in [0.1, 0.15) is 5.56 Å². The molecule has 7 heteroatoms. The average molecular weight is 270 g/mol. The van der Waals surface area contributed by atoms with Gasteiger partial charge in [-0.05, 0) is 23.9 Å². The number of nitrogens with two attached hydrogens (primary N) is 1. The van der Waals surface area contributed by atoms with E-state index in [4.69, 9.17) is 11.1 Å². The van der Waals surface area contributed by atoms with E-state index in [2.05, 4.69) is 9.97 Å². The molecule has 0 aliphatic carbocycles. The molecule has 17 heavy (non-hydrogen) atoms. The van der Waals surface area contributed by atoms with Gasteiger partial charge in [-0.3, -0.25) is 5.41 Å². The summed E-state index contributed by atoms with van der Waals surface area (Å²) in [5, 5.41) is 8.98. The maximum atomic E-state index is 7.34. The quantitative estimate of drug-likeness (QED) is 0.656. The molecule has 2 heterocycles. The fourth-order valence-electron chi connectivity index (χ4n) is 1.18. The fraction of sp³-hybridized carbons (Fsp3) is 0.100. The number of aryl methyl sites for hydroxylation is 1. The van der Waals surface area contributed by atoms with Crippen LogP contribution in [0.3, 0.4) is 0 Å². The standard InChI is InChI=1S/C10H11N5S.ClH/c1-15-5-4-14-10(15)16-8-6-7(9(11)12)2-3-13-8;/h2-6H,1H3,(H3,11,12);1H. The number of hydrogen-bond donors (Lipinski definition) is 2. The lowest BCUT2D eigenvalue weighted by Crippen LogP contribution is -2.11. The fourth-order valence-corrected chi connectivity index (χ4v) is 1.98. The number of nitrogens with one attached hydrogen (secondary N) is 1. The number of pyridine rings is 1. The highest BCUT2D eigenvalue weighted by molar-refractivity contribution is 7.99. The average Bonchev–Trinajstić information content (AvgIpc) is 2.65. The number of amidine groups is 1. The monoisotopic (exact) mass is 269 g/mol. The second-order valence-electron chi connectivity index (χ2n) is 3.22. The van der Waals surface area contributed by atoms with Crippen LogP contribution in [0.25, 0.3) is 0 Å². The van der Waals surface area contributed by atoms with Crippen LogP contribution in [0.15, 0.2) is 40.9 Å². The Morgan fingerprint density at radius 1 is 1.41 bits per heavy atom. The zero-order valence-electron chi connectivity index (χ0n) is 9.12. The smallest absolute Gasteiger partial charge is 0.174 e. The van der Waals surface area contributed by atoms with Crippen molar-refractivity contribution in [3.63, 3.8) is 0 Å². The number of imidazole rings is 1. The molecule has 2 aromatic heterocycles. The van der Waals surface area contributed by atoms with Gasteiger partial charge in [-0.1, -0.05) is 0 Å². The maximum absolute atomic E-state index is 7.34. The lowest BCUT2D eigenvalue weighted by atomic mass is 10.2. The van der Waals surface area contributed by atoms with Crippen LogP contribution in [0.5, 0.6) is 0 Å². The number of nitrogens with zero attached hydrogens (tertiary/aromatic N) is 3. The van der Waals surface area contributed by atoms with Crippen molar-refractivity contribution in [2.75, 3.05) is 0 Å². The third kappa shape index (κ3) is 3.21. The number of halogens is 1. The normalized spacial score (nSPS) is 9.71. The summed E-state index contributed by atoms with van der Waals surface area (Å²) in [6.07, 6.45) is 5.25. The van der Waals surface area contributed by atoms with Gasteiger partial charge in [0.25, 0.3) is 0 Å². The molecule has 0 aliphatic heterocycles.